The number of hydrogen-bond acceptors (Lipinski definition) is 3. The molecule has 1 saturated carbocycles. The van der Waals surface area contributed by atoms with Gasteiger partial charge in [-0.3, -0.25) is 4.79 Å². The fourth-order valence-electron chi connectivity index (χ4n) is 4.83. The highest BCUT2D eigenvalue weighted by molar-refractivity contribution is 5.76. The van der Waals surface area contributed by atoms with Crippen LogP contribution in [-0.2, 0) is 4.79 Å². The van der Waals surface area contributed by atoms with Gasteiger partial charge in [-0.25, -0.2) is 0 Å². The molecule has 0 bridgehead atoms. The lowest BCUT2D eigenvalue weighted by Gasteiger charge is -2.36. The van der Waals surface area contributed by atoms with Crippen LogP contribution in [0.15, 0.2) is 0 Å². The molecule has 2 saturated heterocycles. The Hall–Kier alpha value is -0.610. The number of likely N-dealkylation sites (N-methyl/N-ethyl adjacent to an activating group) is 1. The maximum absolute atomic E-state index is 12.4. The van der Waals surface area contributed by atoms with Crippen molar-refractivity contribution < 1.29 is 4.79 Å². The standard InChI is InChI=1S/C20H37N3O/c1-21-12-14-23(15-13-21)20(24)10-9-19-8-5-11-22(17-19)16-18-6-3-2-4-7-18/h18-19H,2-17H2,1H3/t19-/m0/s1. The van der Waals surface area contributed by atoms with Crippen LogP contribution in [0.5, 0.6) is 0 Å². The number of hydrogen-bond donors (Lipinski definition) is 0. The first kappa shape index (κ1) is 18.2. The van der Waals surface area contributed by atoms with Crippen LogP contribution < -0.4 is 0 Å². The van der Waals surface area contributed by atoms with E-state index < -0.39 is 0 Å². The Kier molecular flexibility index (Phi) is 6.96. The molecule has 2 aliphatic heterocycles. The van der Waals surface area contributed by atoms with Crippen molar-refractivity contribution >= 4 is 5.91 Å². The van der Waals surface area contributed by atoms with E-state index >= 15 is 0 Å². The molecule has 4 nitrogen and oxygen atoms in total. The molecule has 1 atom stereocenters. The Morgan fingerprint density at radius 3 is 2.33 bits per heavy atom. The van der Waals surface area contributed by atoms with E-state index in [1.165, 1.54) is 64.6 Å². The van der Waals surface area contributed by atoms with Gasteiger partial charge in [0.1, 0.15) is 0 Å². The van der Waals surface area contributed by atoms with E-state index in [1.807, 2.05) is 0 Å². The van der Waals surface area contributed by atoms with Gasteiger partial charge < -0.3 is 14.7 Å². The normalized spacial score (nSPS) is 28.2. The summed E-state index contributed by atoms with van der Waals surface area (Å²) in [5.41, 5.74) is 0. The maximum atomic E-state index is 12.4. The second-order valence-electron chi connectivity index (χ2n) is 8.49. The van der Waals surface area contributed by atoms with Gasteiger partial charge in [0, 0.05) is 45.7 Å². The van der Waals surface area contributed by atoms with E-state index in [-0.39, 0.29) is 0 Å². The lowest BCUT2D eigenvalue weighted by Crippen LogP contribution is -2.47. The van der Waals surface area contributed by atoms with Gasteiger partial charge in [-0.2, -0.15) is 0 Å². The molecular weight excluding hydrogens is 298 g/mol. The summed E-state index contributed by atoms with van der Waals surface area (Å²) in [6.07, 6.45) is 11.8. The van der Waals surface area contributed by atoms with E-state index in [0.717, 1.165) is 50.9 Å². The number of piperidine rings is 1. The molecule has 0 spiro atoms. The molecule has 0 aromatic heterocycles. The molecule has 0 aromatic carbocycles. The Balaban J connectivity index is 1.36. The number of amides is 1. The highest BCUT2D eigenvalue weighted by atomic mass is 16.2. The van der Waals surface area contributed by atoms with Crippen LogP contribution in [0.2, 0.25) is 0 Å². The lowest BCUT2D eigenvalue weighted by molar-refractivity contribution is -0.133. The van der Waals surface area contributed by atoms with E-state index in [0.29, 0.717) is 5.91 Å². The number of piperazine rings is 1. The third kappa shape index (κ3) is 5.45. The van der Waals surface area contributed by atoms with Crippen molar-refractivity contribution in [3.8, 4) is 0 Å². The van der Waals surface area contributed by atoms with Gasteiger partial charge in [0.2, 0.25) is 5.91 Å². The van der Waals surface area contributed by atoms with Gasteiger partial charge in [-0.15, -0.1) is 0 Å². The first-order valence-corrected chi connectivity index (χ1v) is 10.4. The average Bonchev–Trinajstić information content (AvgIpc) is 2.61. The number of carbonyl (C=O) groups excluding carboxylic acids is 1. The molecule has 1 aliphatic carbocycles. The smallest absolute Gasteiger partial charge is 0.222 e. The zero-order valence-electron chi connectivity index (χ0n) is 15.7. The summed E-state index contributed by atoms with van der Waals surface area (Å²) in [6.45, 7) is 7.77. The van der Waals surface area contributed by atoms with Crippen molar-refractivity contribution in [3.05, 3.63) is 0 Å². The van der Waals surface area contributed by atoms with Crippen LogP contribution in [0.4, 0.5) is 0 Å². The second kappa shape index (κ2) is 9.19. The van der Waals surface area contributed by atoms with Crippen LogP contribution in [0.3, 0.4) is 0 Å². The van der Waals surface area contributed by atoms with Gasteiger partial charge in [0.15, 0.2) is 0 Å². The highest BCUT2D eigenvalue weighted by Crippen LogP contribution is 2.27. The third-order valence-electron chi connectivity index (χ3n) is 6.47. The molecule has 1 amide bonds. The van der Waals surface area contributed by atoms with Crippen molar-refractivity contribution in [2.45, 2.75) is 57.8 Å². The maximum Gasteiger partial charge on any atom is 0.222 e. The predicted octanol–water partition coefficient (Wildman–Crippen LogP) is 2.83. The first-order chi connectivity index (χ1) is 11.7. The molecule has 138 valence electrons. The SMILES string of the molecule is CN1CCN(C(=O)CC[C@@H]2CCCN(CC3CCCCC3)C2)CC1. The molecule has 0 unspecified atom stereocenters. The average molecular weight is 336 g/mol. The zero-order valence-corrected chi connectivity index (χ0v) is 15.7. The lowest BCUT2D eigenvalue weighted by atomic mass is 9.87. The molecule has 3 aliphatic rings. The summed E-state index contributed by atoms with van der Waals surface area (Å²) in [7, 11) is 2.14. The van der Waals surface area contributed by atoms with Gasteiger partial charge in [-0.1, -0.05) is 19.3 Å². The summed E-state index contributed by atoms with van der Waals surface area (Å²) in [6, 6.07) is 0. The zero-order chi connectivity index (χ0) is 16.8. The van der Waals surface area contributed by atoms with E-state index in [1.54, 1.807) is 0 Å². The molecule has 3 rings (SSSR count). The van der Waals surface area contributed by atoms with E-state index in [4.69, 9.17) is 0 Å². The van der Waals surface area contributed by atoms with Crippen molar-refractivity contribution in [1.82, 2.24) is 14.7 Å². The summed E-state index contributed by atoms with van der Waals surface area (Å²) in [5.74, 6) is 2.09. The topological polar surface area (TPSA) is 26.8 Å². The molecule has 0 N–H and O–H groups in total. The van der Waals surface area contributed by atoms with Crippen LogP contribution in [-0.4, -0.2) is 73.5 Å². The van der Waals surface area contributed by atoms with Crippen molar-refractivity contribution in [2.24, 2.45) is 11.8 Å². The summed E-state index contributed by atoms with van der Waals surface area (Å²) in [5, 5.41) is 0. The monoisotopic (exact) mass is 335 g/mol. The fourth-order valence-corrected chi connectivity index (χ4v) is 4.83. The molecular formula is C20H37N3O. The minimum Gasteiger partial charge on any atom is -0.340 e. The largest absolute Gasteiger partial charge is 0.340 e. The molecule has 0 aromatic rings. The minimum atomic E-state index is 0.396. The number of carbonyl (C=O) groups is 1. The quantitative estimate of drug-likeness (QED) is 0.773. The van der Waals surface area contributed by atoms with Crippen molar-refractivity contribution in [2.75, 3.05) is 52.9 Å². The van der Waals surface area contributed by atoms with Crippen LogP contribution in [0.25, 0.3) is 0 Å². The van der Waals surface area contributed by atoms with Gasteiger partial charge >= 0.3 is 0 Å². The highest BCUT2D eigenvalue weighted by Gasteiger charge is 2.25. The van der Waals surface area contributed by atoms with Crippen LogP contribution >= 0.6 is 0 Å². The summed E-state index contributed by atoms with van der Waals surface area (Å²) < 4.78 is 0. The molecule has 2 heterocycles. The van der Waals surface area contributed by atoms with Crippen molar-refractivity contribution in [1.29, 1.82) is 0 Å². The van der Waals surface area contributed by atoms with Gasteiger partial charge in [-0.05, 0) is 57.5 Å². The molecule has 0 radical (unpaired) electrons. The van der Waals surface area contributed by atoms with E-state index in [2.05, 4.69) is 21.7 Å². The summed E-state index contributed by atoms with van der Waals surface area (Å²) >= 11 is 0. The number of likely N-dealkylation sites (tertiary alicyclic amines) is 1. The molecule has 3 fully saturated rings. The first-order valence-electron chi connectivity index (χ1n) is 10.4. The van der Waals surface area contributed by atoms with E-state index in [9.17, 15) is 4.79 Å². The van der Waals surface area contributed by atoms with Crippen LogP contribution in [0, 0.1) is 11.8 Å². The molecule has 4 heteroatoms. The molecule has 24 heavy (non-hydrogen) atoms. The van der Waals surface area contributed by atoms with Gasteiger partial charge in [0.25, 0.3) is 0 Å². The number of nitrogens with zero attached hydrogens (tertiary/aromatic N) is 3. The number of rotatable bonds is 5. The predicted molar refractivity (Wildman–Crippen MR) is 99.1 cm³/mol. The van der Waals surface area contributed by atoms with Crippen LogP contribution in [0.1, 0.15) is 57.8 Å². The third-order valence-corrected chi connectivity index (χ3v) is 6.47. The summed E-state index contributed by atoms with van der Waals surface area (Å²) in [4.78, 5) is 19.6. The Morgan fingerprint density at radius 1 is 0.875 bits per heavy atom. The fraction of sp³-hybridized carbons (Fsp3) is 0.950. The van der Waals surface area contributed by atoms with Crippen molar-refractivity contribution in [3.63, 3.8) is 0 Å². The Morgan fingerprint density at radius 2 is 1.58 bits per heavy atom. The Labute approximate surface area is 148 Å². The minimum absolute atomic E-state index is 0.396. The Bertz CT molecular complexity index is 386. The second-order valence-corrected chi connectivity index (χ2v) is 8.49. The van der Waals surface area contributed by atoms with Gasteiger partial charge in [0.05, 0.1) is 0 Å².